The van der Waals surface area contributed by atoms with Gasteiger partial charge in [-0.2, -0.15) is 9.97 Å². The van der Waals surface area contributed by atoms with E-state index in [-0.39, 0.29) is 18.1 Å². The molecule has 2 fully saturated rings. The third-order valence-corrected chi connectivity index (χ3v) is 8.68. The Morgan fingerprint density at radius 1 is 1.20 bits per heavy atom. The first kappa shape index (κ1) is 28.1. The van der Waals surface area contributed by atoms with Gasteiger partial charge in [-0.3, -0.25) is 4.90 Å². The van der Waals surface area contributed by atoms with Crippen molar-refractivity contribution in [3.63, 3.8) is 0 Å². The number of hydrogen-bond donors (Lipinski definition) is 0. The first-order valence-electron chi connectivity index (χ1n) is 14.4. The summed E-state index contributed by atoms with van der Waals surface area (Å²) < 4.78 is 53.1. The van der Waals surface area contributed by atoms with E-state index in [4.69, 9.17) is 28.9 Å². The smallest absolute Gasteiger partial charge is 0.318 e. The normalized spacial score (nSPS) is 24.0. The van der Waals surface area contributed by atoms with Crippen molar-refractivity contribution in [2.24, 2.45) is 0 Å². The van der Waals surface area contributed by atoms with Crippen LogP contribution in [-0.2, 0) is 22.3 Å². The molecule has 3 aromatic rings. The molecule has 10 heteroatoms. The molecule has 1 unspecified atom stereocenters. The molecule has 0 amide bonds. The third-order valence-electron chi connectivity index (χ3n) is 8.68. The van der Waals surface area contributed by atoms with E-state index in [1.165, 1.54) is 6.07 Å². The molecule has 0 saturated carbocycles. The van der Waals surface area contributed by atoms with Crippen LogP contribution in [0.4, 0.5) is 14.6 Å². The Morgan fingerprint density at radius 3 is 2.83 bits per heavy atom. The van der Waals surface area contributed by atoms with Crippen molar-refractivity contribution in [2.45, 2.75) is 56.8 Å². The van der Waals surface area contributed by atoms with E-state index in [1.54, 1.807) is 13.2 Å². The second-order valence-electron chi connectivity index (χ2n) is 11.5. The van der Waals surface area contributed by atoms with Gasteiger partial charge >= 0.3 is 6.01 Å². The minimum absolute atomic E-state index is 0.0870. The third kappa shape index (κ3) is 5.10. The molecular weight excluding hydrogens is 530 g/mol. The molecule has 220 valence electrons. The van der Waals surface area contributed by atoms with Gasteiger partial charge in [-0.1, -0.05) is 13.0 Å². The molecule has 3 aliphatic heterocycles. The molecule has 3 aliphatic rings. The second-order valence-corrected chi connectivity index (χ2v) is 11.5. The van der Waals surface area contributed by atoms with Crippen molar-refractivity contribution >= 4 is 16.6 Å². The summed E-state index contributed by atoms with van der Waals surface area (Å²) in [6, 6.07) is 7.37. The summed E-state index contributed by atoms with van der Waals surface area (Å²) in [5.74, 6) is 1.03. The topological polar surface area (TPSA) is 69.2 Å². The molecule has 0 aliphatic carbocycles. The number of aromatic nitrogens is 2. The summed E-state index contributed by atoms with van der Waals surface area (Å²) in [6.07, 6.45) is 2.19. The van der Waals surface area contributed by atoms with Crippen LogP contribution < -0.4 is 14.4 Å². The largest absolute Gasteiger partial charge is 0.468 e. The van der Waals surface area contributed by atoms with Crippen molar-refractivity contribution in [1.29, 1.82) is 0 Å². The van der Waals surface area contributed by atoms with Gasteiger partial charge in [-0.15, -0.1) is 0 Å². The van der Waals surface area contributed by atoms with E-state index in [0.717, 1.165) is 47.0 Å². The van der Waals surface area contributed by atoms with Gasteiger partial charge in [0, 0.05) is 46.2 Å². The highest BCUT2D eigenvalue weighted by molar-refractivity contribution is 5.91. The van der Waals surface area contributed by atoms with Crippen LogP contribution in [0.1, 0.15) is 54.7 Å². The fraction of sp³-hybridized carbons (Fsp3) is 0.548. The number of benzene rings is 2. The first-order valence-corrected chi connectivity index (χ1v) is 14.4. The van der Waals surface area contributed by atoms with E-state index < -0.39 is 12.3 Å². The molecule has 0 N–H and O–H groups in total. The zero-order chi connectivity index (χ0) is 28.7. The minimum atomic E-state index is -0.824. The van der Waals surface area contributed by atoms with E-state index in [9.17, 15) is 4.39 Å². The van der Waals surface area contributed by atoms with Gasteiger partial charge in [0.25, 0.3) is 0 Å². The van der Waals surface area contributed by atoms with Gasteiger partial charge < -0.3 is 23.8 Å². The van der Waals surface area contributed by atoms with Gasteiger partial charge in [0.15, 0.2) is 6.79 Å². The fourth-order valence-electron chi connectivity index (χ4n) is 6.88. The molecule has 0 bridgehead atoms. The molecule has 2 aromatic carbocycles. The number of nitrogens with zero attached hydrogens (tertiary/aromatic N) is 4. The van der Waals surface area contributed by atoms with Gasteiger partial charge in [0.1, 0.15) is 36.3 Å². The predicted octanol–water partition coefficient (Wildman–Crippen LogP) is 5.00. The number of methoxy groups -OCH3 is 1. The Labute approximate surface area is 239 Å². The summed E-state index contributed by atoms with van der Waals surface area (Å²) >= 11 is 0. The number of ether oxygens (including phenoxy) is 4. The van der Waals surface area contributed by atoms with Gasteiger partial charge in [-0.25, -0.2) is 8.78 Å². The van der Waals surface area contributed by atoms with Gasteiger partial charge in [-0.05, 0) is 65.9 Å². The van der Waals surface area contributed by atoms with Crippen LogP contribution in [0.2, 0.25) is 0 Å². The maximum Gasteiger partial charge on any atom is 0.318 e. The van der Waals surface area contributed by atoms with Gasteiger partial charge in [0.2, 0.25) is 0 Å². The SMILES string of the molecule is CCc1c(F)ccc2cc(OCOC)cc(C3OCCc4nc(OC[C@@]56CCCN5C[C@H](F)C6)nc(N(C)C)c43)c12. The van der Waals surface area contributed by atoms with E-state index in [1.807, 2.05) is 38.1 Å². The average Bonchev–Trinajstić information content (AvgIpc) is 3.49. The first-order chi connectivity index (χ1) is 19.8. The molecule has 4 heterocycles. The van der Waals surface area contributed by atoms with Crippen LogP contribution in [0, 0.1) is 5.82 Å². The van der Waals surface area contributed by atoms with Crippen LogP contribution in [0.15, 0.2) is 24.3 Å². The highest BCUT2D eigenvalue weighted by atomic mass is 19.1. The van der Waals surface area contributed by atoms with E-state index in [0.29, 0.717) is 62.2 Å². The second kappa shape index (κ2) is 11.3. The number of fused-ring (bicyclic) bond motifs is 3. The van der Waals surface area contributed by atoms with Gasteiger partial charge in [0.05, 0.1) is 17.8 Å². The number of alkyl halides is 1. The lowest BCUT2D eigenvalue weighted by atomic mass is 9.89. The standard InChI is InChI=1S/C31H38F2N4O4/c1-5-22-24(33)8-7-19-13-21(41-18-38-4)14-23(26(19)22)28-27-25(9-12-39-28)34-30(35-29(27)36(2)3)40-17-31-10-6-11-37(31)16-20(32)15-31/h7-8,13-14,20,28H,5-6,9-12,15-18H2,1-4H3/t20-,28?,31+/m1/s1. The summed E-state index contributed by atoms with van der Waals surface area (Å²) in [6.45, 7) is 4.20. The predicted molar refractivity (Wildman–Crippen MR) is 152 cm³/mol. The molecule has 2 saturated heterocycles. The molecule has 0 spiro atoms. The number of halogens is 2. The van der Waals surface area contributed by atoms with Crippen LogP contribution in [0.25, 0.3) is 10.8 Å². The number of hydrogen-bond acceptors (Lipinski definition) is 8. The highest BCUT2D eigenvalue weighted by Crippen LogP contribution is 2.44. The minimum Gasteiger partial charge on any atom is -0.468 e. The lowest BCUT2D eigenvalue weighted by molar-refractivity contribution is 0.0500. The average molecular weight is 569 g/mol. The Bertz CT molecular complexity index is 1440. The van der Waals surface area contributed by atoms with Crippen LogP contribution in [0.5, 0.6) is 11.8 Å². The molecule has 3 atom stereocenters. The summed E-state index contributed by atoms with van der Waals surface area (Å²) in [4.78, 5) is 13.8. The Hall–Kier alpha value is -3.08. The Balaban J connectivity index is 1.42. The zero-order valence-corrected chi connectivity index (χ0v) is 24.2. The van der Waals surface area contributed by atoms with Crippen molar-refractivity contribution in [2.75, 3.05) is 59.2 Å². The molecular formula is C31H38F2N4O4. The molecule has 8 nitrogen and oxygen atoms in total. The van der Waals surface area contributed by atoms with Crippen LogP contribution in [-0.4, -0.2) is 80.9 Å². The number of rotatable bonds is 9. The maximum atomic E-state index is 15.1. The van der Waals surface area contributed by atoms with Crippen molar-refractivity contribution in [1.82, 2.24) is 14.9 Å². The fourth-order valence-corrected chi connectivity index (χ4v) is 6.88. The van der Waals surface area contributed by atoms with Crippen molar-refractivity contribution < 1.29 is 27.7 Å². The lowest BCUT2D eigenvalue weighted by Crippen LogP contribution is -2.43. The molecule has 41 heavy (non-hydrogen) atoms. The van der Waals surface area contributed by atoms with Crippen molar-refractivity contribution in [3.8, 4) is 11.8 Å². The zero-order valence-electron chi connectivity index (χ0n) is 24.2. The van der Waals surface area contributed by atoms with E-state index >= 15 is 4.39 Å². The summed E-state index contributed by atoms with van der Waals surface area (Å²) in [5, 5.41) is 1.67. The molecule has 6 rings (SSSR count). The summed E-state index contributed by atoms with van der Waals surface area (Å²) in [5.41, 5.74) is 2.80. The Kier molecular flexibility index (Phi) is 7.74. The highest BCUT2D eigenvalue weighted by Gasteiger charge is 2.49. The Morgan fingerprint density at radius 2 is 2.05 bits per heavy atom. The quantitative estimate of drug-likeness (QED) is 0.334. The molecule has 0 radical (unpaired) electrons. The maximum absolute atomic E-state index is 15.1. The summed E-state index contributed by atoms with van der Waals surface area (Å²) in [7, 11) is 5.42. The lowest BCUT2D eigenvalue weighted by Gasteiger charge is -2.32. The van der Waals surface area contributed by atoms with E-state index in [2.05, 4.69) is 4.90 Å². The number of aryl methyl sites for hydroxylation is 1. The van der Waals surface area contributed by atoms with Crippen LogP contribution in [0.3, 0.4) is 0 Å². The molecule has 1 aromatic heterocycles. The van der Waals surface area contributed by atoms with Crippen LogP contribution >= 0.6 is 0 Å². The van der Waals surface area contributed by atoms with Crippen molar-refractivity contribution in [3.05, 3.63) is 52.5 Å². The monoisotopic (exact) mass is 568 g/mol. The number of anilines is 1.